The average molecular weight is 231 g/mol. The zero-order chi connectivity index (χ0) is 11.4. The number of nitrogens with one attached hydrogen (secondary N) is 1. The summed E-state index contributed by atoms with van der Waals surface area (Å²) in [5, 5.41) is 8.64. The minimum absolute atomic E-state index is 0.328. The third-order valence-corrected chi connectivity index (χ3v) is 2.68. The Morgan fingerprint density at radius 2 is 2.27 bits per heavy atom. The molecule has 0 aromatic heterocycles. The van der Waals surface area contributed by atoms with Crippen LogP contribution < -0.4 is 4.72 Å². The third kappa shape index (κ3) is 3.02. The molecule has 1 rings (SSSR count). The molecule has 82 valence electrons. The lowest BCUT2D eigenvalue weighted by atomic mass is 10.2. The number of hydrogen-bond acceptors (Lipinski definition) is 2. The lowest BCUT2D eigenvalue weighted by Gasteiger charge is -2.05. The Bertz CT molecular complexity index is 408. The van der Waals surface area contributed by atoms with Crippen molar-refractivity contribution in [3.63, 3.8) is 0 Å². The molecule has 1 unspecified atom stereocenters. The smallest absolute Gasteiger partial charge is 0.338 e. The second-order valence-corrected chi connectivity index (χ2v) is 4.21. The van der Waals surface area contributed by atoms with Crippen molar-refractivity contribution in [2.75, 3.05) is 10.5 Å². The van der Waals surface area contributed by atoms with E-state index in [1.54, 1.807) is 6.92 Å². The Balaban J connectivity index is 2.97. The number of carboxylic acid groups (broad SMARTS) is 1. The van der Waals surface area contributed by atoms with Gasteiger partial charge in [0.15, 0.2) is 0 Å². The van der Waals surface area contributed by atoms with Crippen molar-refractivity contribution in [1.82, 2.24) is 0 Å². The second-order valence-electron chi connectivity index (χ2n) is 2.74. The number of benzene rings is 1. The molecule has 15 heavy (non-hydrogen) atoms. The van der Waals surface area contributed by atoms with E-state index < -0.39 is 28.3 Å². The van der Waals surface area contributed by atoms with Gasteiger partial charge in [-0.15, -0.1) is 0 Å². The molecule has 0 heterocycles. The number of rotatable bonds is 4. The van der Waals surface area contributed by atoms with E-state index in [4.69, 9.17) is 5.11 Å². The molecular formula is C9H10FNO3S. The Kier molecular flexibility index (Phi) is 3.79. The summed E-state index contributed by atoms with van der Waals surface area (Å²) in [6.45, 7) is 1.71. The minimum atomic E-state index is -1.35. The van der Waals surface area contributed by atoms with Gasteiger partial charge in [0.25, 0.3) is 0 Å². The van der Waals surface area contributed by atoms with Crippen LogP contribution in [0.1, 0.15) is 17.3 Å². The van der Waals surface area contributed by atoms with Gasteiger partial charge in [-0.2, -0.15) is 0 Å². The summed E-state index contributed by atoms with van der Waals surface area (Å²) in [4.78, 5) is 10.6. The van der Waals surface area contributed by atoms with Crippen LogP contribution in [0.15, 0.2) is 18.2 Å². The van der Waals surface area contributed by atoms with Crippen molar-refractivity contribution in [2.45, 2.75) is 6.92 Å². The predicted molar refractivity (Wildman–Crippen MR) is 55.7 cm³/mol. The van der Waals surface area contributed by atoms with Gasteiger partial charge in [0.05, 0.1) is 5.56 Å². The first kappa shape index (κ1) is 11.6. The molecule has 2 N–H and O–H groups in total. The molecule has 0 fully saturated rings. The highest BCUT2D eigenvalue weighted by molar-refractivity contribution is 7.86. The van der Waals surface area contributed by atoms with Crippen LogP contribution in [0, 0.1) is 5.82 Å². The molecule has 1 aromatic rings. The topological polar surface area (TPSA) is 66.4 Å². The van der Waals surface area contributed by atoms with Crippen molar-refractivity contribution in [3.8, 4) is 0 Å². The van der Waals surface area contributed by atoms with Crippen LogP contribution in [0.2, 0.25) is 0 Å². The predicted octanol–water partition coefficient (Wildman–Crippen LogP) is 1.62. The summed E-state index contributed by atoms with van der Waals surface area (Å²) >= 11 is 0. The zero-order valence-electron chi connectivity index (χ0n) is 7.99. The van der Waals surface area contributed by atoms with Gasteiger partial charge in [0.2, 0.25) is 0 Å². The fourth-order valence-electron chi connectivity index (χ4n) is 0.956. The van der Waals surface area contributed by atoms with Crippen LogP contribution in [-0.2, 0) is 11.0 Å². The molecule has 0 aliphatic carbocycles. The van der Waals surface area contributed by atoms with Gasteiger partial charge in [0.1, 0.15) is 16.8 Å². The third-order valence-electron chi connectivity index (χ3n) is 1.69. The van der Waals surface area contributed by atoms with Crippen LogP contribution in [0.25, 0.3) is 0 Å². The first-order valence-corrected chi connectivity index (χ1v) is 5.54. The van der Waals surface area contributed by atoms with Crippen LogP contribution in [0.5, 0.6) is 0 Å². The number of carboxylic acids is 1. The summed E-state index contributed by atoms with van der Waals surface area (Å²) in [6, 6.07) is 3.49. The molecule has 0 bridgehead atoms. The van der Waals surface area contributed by atoms with E-state index in [9.17, 15) is 13.4 Å². The van der Waals surface area contributed by atoms with Gasteiger partial charge >= 0.3 is 5.97 Å². The molecule has 6 heteroatoms. The van der Waals surface area contributed by atoms with Gasteiger partial charge in [-0.05, 0) is 18.2 Å². The first-order valence-electron chi connectivity index (χ1n) is 4.22. The molecule has 0 aliphatic rings. The van der Waals surface area contributed by atoms with Crippen molar-refractivity contribution in [3.05, 3.63) is 29.6 Å². The van der Waals surface area contributed by atoms with E-state index in [0.717, 1.165) is 12.1 Å². The van der Waals surface area contributed by atoms with Crippen LogP contribution >= 0.6 is 0 Å². The minimum Gasteiger partial charge on any atom is -0.478 e. The highest BCUT2D eigenvalue weighted by Crippen LogP contribution is 2.15. The zero-order valence-corrected chi connectivity index (χ0v) is 8.81. The van der Waals surface area contributed by atoms with E-state index in [1.165, 1.54) is 6.07 Å². The molecule has 0 radical (unpaired) electrons. The Labute approximate surface area is 88.7 Å². The number of halogens is 1. The number of anilines is 1. The maximum absolute atomic E-state index is 13.0. The van der Waals surface area contributed by atoms with Crippen molar-refractivity contribution in [2.24, 2.45) is 0 Å². The van der Waals surface area contributed by atoms with Gasteiger partial charge in [-0.3, -0.25) is 0 Å². The normalized spacial score (nSPS) is 12.1. The Morgan fingerprint density at radius 3 is 2.80 bits per heavy atom. The quantitative estimate of drug-likeness (QED) is 0.827. The summed E-state index contributed by atoms with van der Waals surface area (Å²) in [6.07, 6.45) is 0. The van der Waals surface area contributed by atoms with Crippen LogP contribution in [0.4, 0.5) is 10.1 Å². The SMILES string of the molecule is CCS(=O)Nc1ccc(F)c(C(=O)O)c1. The lowest BCUT2D eigenvalue weighted by Crippen LogP contribution is -2.08. The highest BCUT2D eigenvalue weighted by Gasteiger charge is 2.11. The van der Waals surface area contributed by atoms with E-state index in [-0.39, 0.29) is 0 Å². The lowest BCUT2D eigenvalue weighted by molar-refractivity contribution is 0.0692. The van der Waals surface area contributed by atoms with Crippen LogP contribution in [-0.4, -0.2) is 21.0 Å². The van der Waals surface area contributed by atoms with Crippen LogP contribution in [0.3, 0.4) is 0 Å². The number of aromatic carboxylic acids is 1. The maximum atomic E-state index is 13.0. The van der Waals surface area contributed by atoms with E-state index in [0.29, 0.717) is 11.4 Å². The largest absolute Gasteiger partial charge is 0.478 e. The van der Waals surface area contributed by atoms with Gasteiger partial charge in [-0.1, -0.05) is 6.92 Å². The van der Waals surface area contributed by atoms with E-state index in [1.807, 2.05) is 0 Å². The molecular weight excluding hydrogens is 221 g/mol. The number of carbonyl (C=O) groups is 1. The van der Waals surface area contributed by atoms with Gasteiger partial charge in [0, 0.05) is 11.4 Å². The first-order chi connectivity index (χ1) is 7.04. The molecule has 0 aliphatic heterocycles. The molecule has 0 amide bonds. The highest BCUT2D eigenvalue weighted by atomic mass is 32.2. The summed E-state index contributed by atoms with van der Waals surface area (Å²) in [5.41, 5.74) is -0.109. The molecule has 1 aromatic carbocycles. The van der Waals surface area contributed by atoms with Crippen molar-refractivity contribution in [1.29, 1.82) is 0 Å². The monoisotopic (exact) mass is 231 g/mol. The Hall–Kier alpha value is -1.43. The van der Waals surface area contributed by atoms with Gasteiger partial charge < -0.3 is 9.83 Å². The number of hydrogen-bond donors (Lipinski definition) is 2. The summed E-state index contributed by atoms with van der Waals surface area (Å²) in [7, 11) is -1.27. The Morgan fingerprint density at radius 1 is 1.60 bits per heavy atom. The van der Waals surface area contributed by atoms with Gasteiger partial charge in [-0.25, -0.2) is 13.4 Å². The van der Waals surface area contributed by atoms with E-state index in [2.05, 4.69) is 4.72 Å². The molecule has 0 saturated carbocycles. The molecule has 4 nitrogen and oxygen atoms in total. The summed E-state index contributed by atoms with van der Waals surface area (Å²) < 4.78 is 26.6. The van der Waals surface area contributed by atoms with Crippen molar-refractivity contribution >= 4 is 22.6 Å². The molecule has 0 spiro atoms. The standard InChI is InChI=1S/C9H10FNO3S/c1-2-15(14)11-6-3-4-8(10)7(5-6)9(12)13/h3-5,11H,2H2,1H3,(H,12,13). The fraction of sp³-hybridized carbons (Fsp3) is 0.222. The fourth-order valence-corrected chi connectivity index (χ4v) is 1.49. The molecule has 0 saturated heterocycles. The second kappa shape index (κ2) is 4.88. The summed E-state index contributed by atoms with van der Waals surface area (Å²) in [5.74, 6) is -1.77. The van der Waals surface area contributed by atoms with E-state index >= 15 is 0 Å². The average Bonchev–Trinajstić information content (AvgIpc) is 2.20. The molecule has 1 atom stereocenters. The van der Waals surface area contributed by atoms with Crippen molar-refractivity contribution < 1.29 is 18.5 Å². The maximum Gasteiger partial charge on any atom is 0.338 e.